The van der Waals surface area contributed by atoms with Crippen LogP contribution in [0.2, 0.25) is 0 Å². The lowest BCUT2D eigenvalue weighted by molar-refractivity contribution is 0.0849. The van der Waals surface area contributed by atoms with Crippen LogP contribution in [0, 0.1) is 5.82 Å². The zero-order chi connectivity index (χ0) is 22.7. The fraction of sp³-hybridized carbons (Fsp3) is 0.304. The molecule has 0 bridgehead atoms. The van der Waals surface area contributed by atoms with Crippen molar-refractivity contribution in [3.05, 3.63) is 92.5 Å². The Hall–Kier alpha value is -3.59. The molecule has 1 amide bonds. The highest BCUT2D eigenvalue weighted by Crippen LogP contribution is 2.15. The maximum absolute atomic E-state index is 14.5. The summed E-state index contributed by atoms with van der Waals surface area (Å²) in [7, 11) is 0. The molecule has 3 aromatic rings. The number of halogens is 1. The standard InChI is InChI=1S/C23H23FN4O4/c1-15(16-8-3-2-4-9-16)27-22(30)20(21(29)25-14-17-10-7-13-32-17)26-28(23(27)31)19-12-6-5-11-18(19)24/h2-6,8-9,11-12,15,17H,7,10,13-14H2,1H3,(H,25,29)/t15-,17+/m0/s1. The molecule has 8 nitrogen and oxygen atoms in total. The number of amides is 1. The fourth-order valence-corrected chi connectivity index (χ4v) is 3.73. The van der Waals surface area contributed by atoms with Crippen LogP contribution in [0.4, 0.5) is 4.39 Å². The first-order valence-corrected chi connectivity index (χ1v) is 10.4. The minimum Gasteiger partial charge on any atom is -0.376 e. The van der Waals surface area contributed by atoms with Crippen molar-refractivity contribution in [2.24, 2.45) is 0 Å². The van der Waals surface area contributed by atoms with Crippen molar-refractivity contribution in [3.63, 3.8) is 0 Å². The molecule has 0 aliphatic carbocycles. The number of carbonyl (C=O) groups is 1. The first kappa shape index (κ1) is 21.6. The maximum atomic E-state index is 14.5. The predicted octanol–water partition coefficient (Wildman–Crippen LogP) is 2.05. The van der Waals surface area contributed by atoms with E-state index < -0.39 is 34.7 Å². The van der Waals surface area contributed by atoms with E-state index in [0.717, 1.165) is 22.1 Å². The molecule has 4 rings (SSSR count). The Morgan fingerprint density at radius 1 is 1.19 bits per heavy atom. The van der Waals surface area contributed by atoms with Gasteiger partial charge in [0.25, 0.3) is 11.5 Å². The lowest BCUT2D eigenvalue weighted by Crippen LogP contribution is -2.47. The highest BCUT2D eigenvalue weighted by molar-refractivity contribution is 5.91. The number of para-hydroxylation sites is 1. The number of ether oxygens (including phenoxy) is 1. The van der Waals surface area contributed by atoms with Crippen molar-refractivity contribution in [3.8, 4) is 5.69 Å². The van der Waals surface area contributed by atoms with Gasteiger partial charge in [0.1, 0.15) is 11.5 Å². The Bertz CT molecular complexity index is 1230. The van der Waals surface area contributed by atoms with Crippen LogP contribution in [0.25, 0.3) is 5.69 Å². The summed E-state index contributed by atoms with van der Waals surface area (Å²) in [6.07, 6.45) is 1.57. The number of carbonyl (C=O) groups excluding carboxylic acids is 1. The molecular formula is C23H23FN4O4. The maximum Gasteiger partial charge on any atom is 0.352 e. The molecule has 1 fully saturated rings. The Labute approximate surface area is 183 Å². The van der Waals surface area contributed by atoms with Crippen molar-refractivity contribution in [2.75, 3.05) is 13.2 Å². The van der Waals surface area contributed by atoms with E-state index in [1.807, 2.05) is 6.07 Å². The zero-order valence-corrected chi connectivity index (χ0v) is 17.5. The van der Waals surface area contributed by atoms with Gasteiger partial charge in [0.05, 0.1) is 12.1 Å². The Balaban J connectivity index is 1.83. The summed E-state index contributed by atoms with van der Waals surface area (Å²) in [6, 6.07) is 13.8. The van der Waals surface area contributed by atoms with E-state index in [0.29, 0.717) is 12.2 Å². The first-order valence-electron chi connectivity index (χ1n) is 10.4. The van der Waals surface area contributed by atoms with Crippen molar-refractivity contribution < 1.29 is 13.9 Å². The molecule has 2 aromatic carbocycles. The fourth-order valence-electron chi connectivity index (χ4n) is 3.73. The van der Waals surface area contributed by atoms with Crippen LogP contribution in [0.15, 0.2) is 64.2 Å². The van der Waals surface area contributed by atoms with Crippen LogP contribution in [0.5, 0.6) is 0 Å². The number of nitrogens with one attached hydrogen (secondary N) is 1. The number of nitrogens with zero attached hydrogens (tertiary/aromatic N) is 3. The molecule has 9 heteroatoms. The molecule has 1 aromatic heterocycles. The average molecular weight is 438 g/mol. The summed E-state index contributed by atoms with van der Waals surface area (Å²) >= 11 is 0. The zero-order valence-electron chi connectivity index (χ0n) is 17.5. The van der Waals surface area contributed by atoms with E-state index in [1.165, 1.54) is 18.2 Å². The van der Waals surface area contributed by atoms with E-state index in [-0.39, 0.29) is 18.3 Å². The summed E-state index contributed by atoms with van der Waals surface area (Å²) in [4.78, 5) is 39.3. The van der Waals surface area contributed by atoms with Gasteiger partial charge in [-0.1, -0.05) is 42.5 Å². The quantitative estimate of drug-likeness (QED) is 0.636. The lowest BCUT2D eigenvalue weighted by Gasteiger charge is -2.18. The van der Waals surface area contributed by atoms with Gasteiger partial charge in [-0.15, -0.1) is 0 Å². The van der Waals surface area contributed by atoms with Gasteiger partial charge in [-0.05, 0) is 37.5 Å². The molecule has 0 spiro atoms. The molecular weight excluding hydrogens is 415 g/mol. The molecule has 1 N–H and O–H groups in total. The van der Waals surface area contributed by atoms with Gasteiger partial charge in [-0.3, -0.25) is 9.59 Å². The second-order valence-corrected chi connectivity index (χ2v) is 7.60. The molecule has 32 heavy (non-hydrogen) atoms. The van der Waals surface area contributed by atoms with E-state index in [2.05, 4.69) is 10.4 Å². The molecule has 0 radical (unpaired) electrons. The third-order valence-electron chi connectivity index (χ3n) is 5.49. The molecule has 1 aliphatic heterocycles. The Morgan fingerprint density at radius 3 is 2.59 bits per heavy atom. The van der Waals surface area contributed by atoms with Crippen molar-refractivity contribution in [1.29, 1.82) is 0 Å². The van der Waals surface area contributed by atoms with Crippen LogP contribution in [-0.2, 0) is 4.74 Å². The second-order valence-electron chi connectivity index (χ2n) is 7.60. The van der Waals surface area contributed by atoms with E-state index in [9.17, 15) is 18.8 Å². The van der Waals surface area contributed by atoms with Gasteiger partial charge in [-0.2, -0.15) is 9.78 Å². The minimum absolute atomic E-state index is 0.137. The molecule has 2 heterocycles. The van der Waals surface area contributed by atoms with Crippen LogP contribution >= 0.6 is 0 Å². The number of benzene rings is 2. The third-order valence-corrected chi connectivity index (χ3v) is 5.49. The number of rotatable bonds is 6. The number of hydrogen-bond acceptors (Lipinski definition) is 5. The average Bonchev–Trinajstić information content (AvgIpc) is 3.33. The van der Waals surface area contributed by atoms with Crippen LogP contribution in [-0.4, -0.2) is 39.5 Å². The van der Waals surface area contributed by atoms with Gasteiger partial charge < -0.3 is 10.1 Å². The number of hydrogen-bond donors (Lipinski definition) is 1. The lowest BCUT2D eigenvalue weighted by atomic mass is 10.1. The van der Waals surface area contributed by atoms with Crippen LogP contribution in [0.3, 0.4) is 0 Å². The SMILES string of the molecule is C[C@@H](c1ccccc1)n1c(=O)c(C(=O)NC[C@H]2CCCO2)nn(-c2ccccc2F)c1=O. The van der Waals surface area contributed by atoms with Gasteiger partial charge in [0, 0.05) is 13.2 Å². The molecule has 166 valence electrons. The Kier molecular flexibility index (Phi) is 6.27. The molecule has 1 saturated heterocycles. The van der Waals surface area contributed by atoms with Crippen LogP contribution in [0.1, 0.15) is 41.9 Å². The summed E-state index contributed by atoms with van der Waals surface area (Å²) in [5, 5.41) is 6.61. The van der Waals surface area contributed by atoms with Crippen molar-refractivity contribution in [1.82, 2.24) is 19.7 Å². The third kappa shape index (κ3) is 4.24. The highest BCUT2D eigenvalue weighted by atomic mass is 19.1. The highest BCUT2D eigenvalue weighted by Gasteiger charge is 2.25. The molecule has 1 aliphatic rings. The molecule has 0 unspecified atom stereocenters. The van der Waals surface area contributed by atoms with Crippen LogP contribution < -0.4 is 16.6 Å². The van der Waals surface area contributed by atoms with E-state index in [1.54, 1.807) is 37.3 Å². The first-order chi connectivity index (χ1) is 15.5. The normalized spacial score (nSPS) is 16.6. The Morgan fingerprint density at radius 2 is 1.91 bits per heavy atom. The second kappa shape index (κ2) is 9.27. The van der Waals surface area contributed by atoms with E-state index in [4.69, 9.17) is 4.74 Å². The van der Waals surface area contributed by atoms with Gasteiger partial charge in [-0.25, -0.2) is 13.8 Å². The summed E-state index contributed by atoms with van der Waals surface area (Å²) in [5.74, 6) is -1.45. The summed E-state index contributed by atoms with van der Waals surface area (Å²) in [6.45, 7) is 2.50. The predicted molar refractivity (Wildman–Crippen MR) is 116 cm³/mol. The largest absolute Gasteiger partial charge is 0.376 e. The van der Waals surface area contributed by atoms with E-state index >= 15 is 0 Å². The minimum atomic E-state index is -0.844. The van der Waals surface area contributed by atoms with Crippen molar-refractivity contribution in [2.45, 2.75) is 31.9 Å². The summed E-state index contributed by atoms with van der Waals surface area (Å²) < 4.78 is 21.7. The van der Waals surface area contributed by atoms with Gasteiger partial charge >= 0.3 is 5.69 Å². The number of aromatic nitrogens is 3. The summed E-state index contributed by atoms with van der Waals surface area (Å²) in [5.41, 5.74) is -1.65. The monoisotopic (exact) mass is 438 g/mol. The van der Waals surface area contributed by atoms with Gasteiger partial charge in [0.15, 0.2) is 0 Å². The van der Waals surface area contributed by atoms with Crippen molar-refractivity contribution >= 4 is 5.91 Å². The topological polar surface area (TPSA) is 95.2 Å². The molecule has 2 atom stereocenters. The molecule has 0 saturated carbocycles. The van der Waals surface area contributed by atoms with Gasteiger partial charge in [0.2, 0.25) is 5.69 Å². The smallest absolute Gasteiger partial charge is 0.352 e.